The van der Waals surface area contributed by atoms with Crippen LogP contribution in [0.1, 0.15) is 44.2 Å². The summed E-state index contributed by atoms with van der Waals surface area (Å²) in [5, 5.41) is 9.32. The van der Waals surface area contributed by atoms with Crippen molar-refractivity contribution in [1.82, 2.24) is 9.55 Å². The lowest BCUT2D eigenvalue weighted by Crippen LogP contribution is -2.44. The molecule has 0 bridgehead atoms. The van der Waals surface area contributed by atoms with Crippen LogP contribution in [0.3, 0.4) is 0 Å². The number of fused-ring (bicyclic) bond motifs is 1. The molecule has 6 nitrogen and oxygen atoms in total. The monoisotopic (exact) mass is 445 g/mol. The average molecular weight is 446 g/mol. The molecule has 0 N–H and O–H groups in total. The SMILES string of the molecule is Cn1c(=O)cc(N(C)[C@H]2CC[C@@H](N(c3ccc(F)cc3)C3CC3)CC2)c2nc(C#N)ccc21. The second-order valence-corrected chi connectivity index (χ2v) is 9.29. The quantitative estimate of drug-likeness (QED) is 0.584. The van der Waals surface area contributed by atoms with Crippen molar-refractivity contribution in [2.24, 2.45) is 7.05 Å². The third-order valence-electron chi connectivity index (χ3n) is 7.24. The number of anilines is 2. The van der Waals surface area contributed by atoms with Gasteiger partial charge in [-0.1, -0.05) is 0 Å². The lowest BCUT2D eigenvalue weighted by atomic mass is 9.88. The van der Waals surface area contributed by atoms with E-state index in [-0.39, 0.29) is 11.4 Å². The van der Waals surface area contributed by atoms with Crippen LogP contribution in [0.5, 0.6) is 0 Å². The highest BCUT2D eigenvalue weighted by molar-refractivity contribution is 5.88. The Labute approximate surface area is 192 Å². The highest BCUT2D eigenvalue weighted by Crippen LogP contribution is 2.39. The summed E-state index contributed by atoms with van der Waals surface area (Å²) < 4.78 is 15.0. The number of benzene rings is 1. The fraction of sp³-hybridized carbons (Fsp3) is 0.423. The number of rotatable bonds is 5. The number of pyridine rings is 2. The van der Waals surface area contributed by atoms with Gasteiger partial charge in [-0.2, -0.15) is 5.26 Å². The lowest BCUT2D eigenvalue weighted by Gasteiger charge is -2.41. The number of aryl methyl sites for hydroxylation is 1. The van der Waals surface area contributed by atoms with Gasteiger partial charge in [-0.05, 0) is 74.9 Å². The van der Waals surface area contributed by atoms with Gasteiger partial charge in [-0.25, -0.2) is 9.37 Å². The van der Waals surface area contributed by atoms with Crippen LogP contribution in [-0.2, 0) is 7.05 Å². The minimum absolute atomic E-state index is 0.0826. The van der Waals surface area contributed by atoms with Gasteiger partial charge in [-0.15, -0.1) is 0 Å². The first kappa shape index (κ1) is 21.4. The van der Waals surface area contributed by atoms with Crippen molar-refractivity contribution in [2.45, 2.75) is 56.7 Å². The van der Waals surface area contributed by atoms with Crippen molar-refractivity contribution in [2.75, 3.05) is 16.8 Å². The molecule has 2 aromatic heterocycles. The molecule has 2 saturated carbocycles. The van der Waals surface area contributed by atoms with E-state index >= 15 is 0 Å². The molecule has 0 amide bonds. The van der Waals surface area contributed by atoms with Gasteiger partial charge in [0.25, 0.3) is 5.56 Å². The van der Waals surface area contributed by atoms with Gasteiger partial charge in [0, 0.05) is 44.0 Å². The predicted molar refractivity (Wildman–Crippen MR) is 128 cm³/mol. The maximum Gasteiger partial charge on any atom is 0.252 e. The summed E-state index contributed by atoms with van der Waals surface area (Å²) in [6.07, 6.45) is 6.48. The first-order valence-corrected chi connectivity index (χ1v) is 11.6. The molecule has 1 aromatic carbocycles. The van der Waals surface area contributed by atoms with Crippen molar-refractivity contribution in [1.29, 1.82) is 5.26 Å². The number of nitriles is 1. The molecule has 3 aromatic rings. The van der Waals surface area contributed by atoms with E-state index in [9.17, 15) is 14.4 Å². The Morgan fingerprint density at radius 1 is 1.00 bits per heavy atom. The Bertz CT molecular complexity index is 1270. The molecule has 2 aliphatic rings. The van der Waals surface area contributed by atoms with Crippen LogP contribution < -0.4 is 15.4 Å². The molecule has 0 saturated heterocycles. The summed E-state index contributed by atoms with van der Waals surface area (Å²) in [5.41, 5.74) is 3.58. The zero-order valence-corrected chi connectivity index (χ0v) is 19.0. The summed E-state index contributed by atoms with van der Waals surface area (Å²) >= 11 is 0. The Balaban J connectivity index is 1.38. The topological polar surface area (TPSA) is 65.2 Å². The third kappa shape index (κ3) is 4.06. The van der Waals surface area contributed by atoms with Crippen molar-refractivity contribution < 1.29 is 4.39 Å². The van der Waals surface area contributed by atoms with Crippen LogP contribution in [-0.4, -0.2) is 34.7 Å². The van der Waals surface area contributed by atoms with Crippen LogP contribution in [0.4, 0.5) is 15.8 Å². The molecule has 2 fully saturated rings. The first-order chi connectivity index (χ1) is 16.0. The molecule has 0 radical (unpaired) electrons. The summed E-state index contributed by atoms with van der Waals surface area (Å²) in [5.74, 6) is -0.200. The van der Waals surface area contributed by atoms with Crippen LogP contribution in [0, 0.1) is 17.1 Å². The summed E-state index contributed by atoms with van der Waals surface area (Å²) in [6.45, 7) is 0. The Hall–Kier alpha value is -3.40. The van der Waals surface area contributed by atoms with E-state index in [1.165, 1.54) is 12.8 Å². The van der Waals surface area contributed by atoms with Crippen LogP contribution >= 0.6 is 0 Å². The second-order valence-electron chi connectivity index (χ2n) is 9.29. The van der Waals surface area contributed by atoms with Gasteiger partial charge >= 0.3 is 0 Å². The van der Waals surface area contributed by atoms with E-state index in [0.29, 0.717) is 29.3 Å². The number of aromatic nitrogens is 2. The van der Waals surface area contributed by atoms with Gasteiger partial charge in [0.15, 0.2) is 0 Å². The molecule has 7 heteroatoms. The molecule has 170 valence electrons. The molecule has 0 atom stereocenters. The first-order valence-electron chi connectivity index (χ1n) is 11.6. The van der Waals surface area contributed by atoms with Crippen molar-refractivity contribution in [3.05, 3.63) is 64.3 Å². The Kier molecular flexibility index (Phi) is 5.53. The smallest absolute Gasteiger partial charge is 0.252 e. The fourth-order valence-electron chi connectivity index (χ4n) is 5.25. The lowest BCUT2D eigenvalue weighted by molar-refractivity contribution is 0.366. The second kappa shape index (κ2) is 8.51. The zero-order valence-electron chi connectivity index (χ0n) is 19.0. The van der Waals surface area contributed by atoms with E-state index in [1.54, 1.807) is 41.9 Å². The van der Waals surface area contributed by atoms with Gasteiger partial charge < -0.3 is 14.4 Å². The van der Waals surface area contributed by atoms with Gasteiger partial charge in [0.1, 0.15) is 23.1 Å². The minimum Gasteiger partial charge on any atom is -0.370 e. The third-order valence-corrected chi connectivity index (χ3v) is 7.24. The van der Waals surface area contributed by atoms with E-state index in [0.717, 1.165) is 42.6 Å². The van der Waals surface area contributed by atoms with Crippen molar-refractivity contribution in [3.63, 3.8) is 0 Å². The van der Waals surface area contributed by atoms with Crippen LogP contribution in [0.15, 0.2) is 47.3 Å². The van der Waals surface area contributed by atoms with E-state index in [1.807, 2.05) is 19.2 Å². The standard InChI is InChI=1S/C26H28FN5O/c1-30(24-15-25(33)31(2)23-14-5-18(16-28)29-26(23)24)19-8-10-21(11-9-19)32(22-12-13-22)20-6-3-17(27)4-7-20/h3-7,14-15,19,21-22H,8-13H2,1-2H3/t19-,21+. The molecule has 0 aliphatic heterocycles. The summed E-state index contributed by atoms with van der Waals surface area (Å²) in [7, 11) is 3.76. The molecule has 5 rings (SSSR count). The molecule has 2 aliphatic carbocycles. The van der Waals surface area contributed by atoms with E-state index < -0.39 is 0 Å². The minimum atomic E-state index is -0.200. The number of halogens is 1. The number of nitrogens with zero attached hydrogens (tertiary/aromatic N) is 5. The average Bonchev–Trinajstić information content (AvgIpc) is 3.67. The Morgan fingerprint density at radius 2 is 1.61 bits per heavy atom. The zero-order chi connectivity index (χ0) is 23.1. The molecule has 33 heavy (non-hydrogen) atoms. The van der Waals surface area contributed by atoms with Gasteiger partial charge in [-0.3, -0.25) is 4.79 Å². The molecule has 0 spiro atoms. The Morgan fingerprint density at radius 3 is 2.21 bits per heavy atom. The highest BCUT2D eigenvalue weighted by Gasteiger charge is 2.37. The molecule has 0 unspecified atom stereocenters. The summed E-state index contributed by atoms with van der Waals surface area (Å²) in [6, 6.07) is 15.4. The largest absolute Gasteiger partial charge is 0.370 e. The maximum atomic E-state index is 13.5. The highest BCUT2D eigenvalue weighted by atomic mass is 19.1. The fourth-order valence-corrected chi connectivity index (χ4v) is 5.25. The normalized spacial score (nSPS) is 20.4. The van der Waals surface area contributed by atoms with E-state index in [2.05, 4.69) is 20.9 Å². The maximum absolute atomic E-state index is 13.5. The van der Waals surface area contributed by atoms with Crippen molar-refractivity contribution in [3.8, 4) is 6.07 Å². The van der Waals surface area contributed by atoms with Gasteiger partial charge in [0.2, 0.25) is 0 Å². The summed E-state index contributed by atoms with van der Waals surface area (Å²) in [4.78, 5) is 21.8. The van der Waals surface area contributed by atoms with Crippen LogP contribution in [0.2, 0.25) is 0 Å². The number of hydrogen-bond acceptors (Lipinski definition) is 5. The molecule has 2 heterocycles. The van der Waals surface area contributed by atoms with Gasteiger partial charge in [0.05, 0.1) is 11.2 Å². The van der Waals surface area contributed by atoms with E-state index in [4.69, 9.17) is 0 Å². The molecular weight excluding hydrogens is 417 g/mol. The number of hydrogen-bond donors (Lipinski definition) is 0. The predicted octanol–water partition coefficient (Wildman–Crippen LogP) is 4.36. The van der Waals surface area contributed by atoms with Crippen molar-refractivity contribution >= 4 is 22.4 Å². The molecular formula is C26H28FN5O. The van der Waals surface area contributed by atoms with Crippen LogP contribution in [0.25, 0.3) is 11.0 Å².